The molecular weight excluding hydrogens is 461 g/mol. The van der Waals surface area contributed by atoms with Crippen molar-refractivity contribution in [2.75, 3.05) is 13.1 Å². The highest BCUT2D eigenvalue weighted by atomic mass is 19.1. The van der Waals surface area contributed by atoms with Crippen LogP contribution in [-0.2, 0) is 16.6 Å². The Bertz CT molecular complexity index is 1350. The van der Waals surface area contributed by atoms with E-state index in [0.29, 0.717) is 18.7 Å². The van der Waals surface area contributed by atoms with Gasteiger partial charge in [0.15, 0.2) is 0 Å². The molecule has 0 unspecified atom stereocenters. The summed E-state index contributed by atoms with van der Waals surface area (Å²) in [6.07, 6.45) is 3.59. The van der Waals surface area contributed by atoms with Crippen molar-refractivity contribution in [3.05, 3.63) is 125 Å². The molecular formula is C30H25F3N2O. The third-order valence-electron chi connectivity index (χ3n) is 7.22. The van der Waals surface area contributed by atoms with Crippen molar-refractivity contribution in [3.63, 3.8) is 0 Å². The number of carbonyl (C=O) groups is 1. The van der Waals surface area contributed by atoms with E-state index >= 15 is 0 Å². The lowest BCUT2D eigenvalue weighted by molar-refractivity contribution is -0.129. The van der Waals surface area contributed by atoms with Crippen molar-refractivity contribution in [1.29, 1.82) is 0 Å². The predicted molar refractivity (Wildman–Crippen MR) is 133 cm³/mol. The van der Waals surface area contributed by atoms with Gasteiger partial charge in [-0.05, 0) is 58.7 Å². The zero-order valence-electron chi connectivity index (χ0n) is 19.8. The van der Waals surface area contributed by atoms with Crippen LogP contribution in [0.2, 0.25) is 0 Å². The van der Waals surface area contributed by atoms with Gasteiger partial charge in [-0.2, -0.15) is 0 Å². The number of hydrogen-bond donors (Lipinski definition) is 0. The fourth-order valence-electron chi connectivity index (χ4n) is 5.22. The molecule has 0 radical (unpaired) electrons. The molecule has 3 nitrogen and oxygen atoms in total. The summed E-state index contributed by atoms with van der Waals surface area (Å²) in [4.78, 5) is 19.1. The van der Waals surface area contributed by atoms with Crippen LogP contribution in [0.4, 0.5) is 13.2 Å². The maximum Gasteiger partial charge on any atom is 0.227 e. The number of pyridine rings is 1. The number of benzene rings is 3. The standard InChI is InChI=1S/C30H25F3N2O/c1-30(23-9-11-24(31)12-10-23)19-35(28(36)17-20-13-15-34-16-14-20)18-25(30)21-5-7-22(8-6-21)29-26(32)3-2-4-27(29)33/h2-16,25H,17-19H2,1H3/t25-,30+/m0/s1. The van der Waals surface area contributed by atoms with E-state index in [2.05, 4.69) is 11.9 Å². The van der Waals surface area contributed by atoms with Crippen molar-refractivity contribution >= 4 is 5.91 Å². The molecule has 4 aromatic rings. The molecule has 0 aliphatic carbocycles. The zero-order chi connectivity index (χ0) is 25.3. The number of nitrogens with zero attached hydrogens (tertiary/aromatic N) is 2. The predicted octanol–water partition coefficient (Wildman–Crippen LogP) is 6.29. The normalized spacial score (nSPS) is 19.4. The Labute approximate surface area is 208 Å². The summed E-state index contributed by atoms with van der Waals surface area (Å²) in [5, 5.41) is 0. The van der Waals surface area contributed by atoms with Gasteiger partial charge in [0.2, 0.25) is 5.91 Å². The summed E-state index contributed by atoms with van der Waals surface area (Å²) in [7, 11) is 0. The maximum absolute atomic E-state index is 14.3. The van der Waals surface area contributed by atoms with E-state index in [1.54, 1.807) is 36.7 Å². The molecule has 3 aromatic carbocycles. The first-order valence-electron chi connectivity index (χ1n) is 11.8. The molecule has 6 heteroatoms. The summed E-state index contributed by atoms with van der Waals surface area (Å²) in [6, 6.07) is 21.0. The van der Waals surface area contributed by atoms with Gasteiger partial charge in [-0.25, -0.2) is 13.2 Å². The minimum absolute atomic E-state index is 0.00193. The van der Waals surface area contributed by atoms with Gasteiger partial charge in [0.1, 0.15) is 17.5 Å². The highest BCUT2D eigenvalue weighted by Crippen LogP contribution is 2.45. The lowest BCUT2D eigenvalue weighted by atomic mass is 9.71. The van der Waals surface area contributed by atoms with Crippen LogP contribution in [0.1, 0.15) is 29.5 Å². The van der Waals surface area contributed by atoms with Gasteiger partial charge in [0.25, 0.3) is 0 Å². The summed E-state index contributed by atoms with van der Waals surface area (Å²) in [5.74, 6) is -1.65. The SMILES string of the molecule is C[C@]1(c2ccc(F)cc2)CN(C(=O)Cc2ccncc2)C[C@H]1c1ccc(-c2c(F)cccc2F)cc1. The summed E-state index contributed by atoms with van der Waals surface area (Å²) in [6.45, 7) is 3.02. The minimum atomic E-state index is -0.618. The molecule has 2 heterocycles. The average molecular weight is 487 g/mol. The molecule has 1 fully saturated rings. The molecule has 0 bridgehead atoms. The average Bonchev–Trinajstić information content (AvgIpc) is 3.24. The second-order valence-electron chi connectivity index (χ2n) is 9.50. The quantitative estimate of drug-likeness (QED) is 0.332. The van der Waals surface area contributed by atoms with Crippen LogP contribution < -0.4 is 0 Å². The largest absolute Gasteiger partial charge is 0.341 e. The Morgan fingerprint density at radius 2 is 1.56 bits per heavy atom. The first-order valence-corrected chi connectivity index (χ1v) is 11.8. The Morgan fingerprint density at radius 1 is 0.917 bits per heavy atom. The number of hydrogen-bond acceptors (Lipinski definition) is 2. The Balaban J connectivity index is 1.48. The molecule has 5 rings (SSSR count). The highest BCUT2D eigenvalue weighted by molar-refractivity contribution is 5.79. The van der Waals surface area contributed by atoms with E-state index in [9.17, 15) is 18.0 Å². The fourth-order valence-corrected chi connectivity index (χ4v) is 5.22. The number of carbonyl (C=O) groups excluding carboxylic acids is 1. The van der Waals surface area contributed by atoms with E-state index in [1.807, 2.05) is 29.2 Å². The van der Waals surface area contributed by atoms with E-state index in [0.717, 1.165) is 16.7 Å². The van der Waals surface area contributed by atoms with Gasteiger partial charge in [-0.15, -0.1) is 0 Å². The first-order chi connectivity index (χ1) is 17.3. The maximum atomic E-state index is 14.3. The topological polar surface area (TPSA) is 33.2 Å². The van der Waals surface area contributed by atoms with E-state index in [1.165, 1.54) is 30.3 Å². The van der Waals surface area contributed by atoms with E-state index < -0.39 is 17.0 Å². The molecule has 0 N–H and O–H groups in total. The summed E-state index contributed by atoms with van der Waals surface area (Å²) in [5.41, 5.74) is 2.66. The molecule has 0 saturated carbocycles. The van der Waals surface area contributed by atoms with Gasteiger partial charge < -0.3 is 4.90 Å². The van der Waals surface area contributed by atoms with E-state index in [-0.39, 0.29) is 29.6 Å². The number of aromatic nitrogens is 1. The minimum Gasteiger partial charge on any atom is -0.341 e. The van der Waals surface area contributed by atoms with Crippen molar-refractivity contribution in [1.82, 2.24) is 9.88 Å². The van der Waals surface area contributed by atoms with Crippen LogP contribution in [0, 0.1) is 17.5 Å². The number of halogens is 3. The number of likely N-dealkylation sites (tertiary alicyclic amines) is 1. The molecule has 1 aliphatic rings. The lowest BCUT2D eigenvalue weighted by Crippen LogP contribution is -2.34. The van der Waals surface area contributed by atoms with Gasteiger partial charge in [-0.3, -0.25) is 9.78 Å². The third-order valence-corrected chi connectivity index (χ3v) is 7.22. The van der Waals surface area contributed by atoms with Crippen LogP contribution in [0.15, 0.2) is 91.3 Å². The van der Waals surface area contributed by atoms with Crippen molar-refractivity contribution in [3.8, 4) is 11.1 Å². The number of amides is 1. The first kappa shape index (κ1) is 23.8. The number of rotatable bonds is 5. The Morgan fingerprint density at radius 3 is 2.19 bits per heavy atom. The van der Waals surface area contributed by atoms with Gasteiger partial charge in [-0.1, -0.05) is 49.4 Å². The molecule has 36 heavy (non-hydrogen) atoms. The Kier molecular flexibility index (Phi) is 6.35. The van der Waals surface area contributed by atoms with Gasteiger partial charge in [0.05, 0.1) is 12.0 Å². The molecule has 1 aliphatic heterocycles. The van der Waals surface area contributed by atoms with Crippen LogP contribution in [0.25, 0.3) is 11.1 Å². The van der Waals surface area contributed by atoms with Crippen molar-refractivity contribution in [2.45, 2.75) is 24.7 Å². The van der Waals surface area contributed by atoms with Crippen LogP contribution in [0.5, 0.6) is 0 Å². The summed E-state index contributed by atoms with van der Waals surface area (Å²) >= 11 is 0. The van der Waals surface area contributed by atoms with Crippen LogP contribution >= 0.6 is 0 Å². The monoisotopic (exact) mass is 486 g/mol. The molecule has 1 saturated heterocycles. The third kappa shape index (κ3) is 4.51. The highest BCUT2D eigenvalue weighted by Gasteiger charge is 2.46. The molecule has 0 spiro atoms. The second kappa shape index (κ2) is 9.61. The van der Waals surface area contributed by atoms with Gasteiger partial charge in [0, 0.05) is 36.8 Å². The molecule has 1 amide bonds. The van der Waals surface area contributed by atoms with Crippen LogP contribution in [0.3, 0.4) is 0 Å². The van der Waals surface area contributed by atoms with Crippen LogP contribution in [-0.4, -0.2) is 28.9 Å². The molecule has 182 valence electrons. The molecule has 1 aromatic heterocycles. The zero-order valence-corrected chi connectivity index (χ0v) is 19.8. The van der Waals surface area contributed by atoms with Crippen molar-refractivity contribution < 1.29 is 18.0 Å². The summed E-state index contributed by atoms with van der Waals surface area (Å²) < 4.78 is 42.3. The van der Waals surface area contributed by atoms with Crippen molar-refractivity contribution in [2.24, 2.45) is 0 Å². The molecule has 2 atom stereocenters. The Hall–Kier alpha value is -3.93. The lowest BCUT2D eigenvalue weighted by Gasteiger charge is -2.31. The fraction of sp³-hybridized carbons (Fsp3) is 0.200. The second-order valence-corrected chi connectivity index (χ2v) is 9.50. The van der Waals surface area contributed by atoms with Gasteiger partial charge >= 0.3 is 0 Å². The smallest absolute Gasteiger partial charge is 0.227 e. The van der Waals surface area contributed by atoms with E-state index in [4.69, 9.17) is 0 Å².